The molecular weight excluding hydrogens is 406 g/mol. The Bertz CT molecular complexity index is 948. The number of carbonyl (C=O) groups is 3. The Balaban J connectivity index is 1.25. The molecule has 0 spiro atoms. The van der Waals surface area contributed by atoms with Crippen LogP contribution in [-0.2, 0) is 29.2 Å². The van der Waals surface area contributed by atoms with Gasteiger partial charge in [0.15, 0.2) is 0 Å². The van der Waals surface area contributed by atoms with Gasteiger partial charge in [-0.3, -0.25) is 24.2 Å². The van der Waals surface area contributed by atoms with Gasteiger partial charge in [0.05, 0.1) is 12.6 Å². The van der Waals surface area contributed by atoms with E-state index in [9.17, 15) is 19.5 Å². The number of aliphatic hydroxyl groups is 1. The van der Waals surface area contributed by atoms with Crippen LogP contribution in [0.5, 0.6) is 0 Å². The largest absolute Gasteiger partial charge is 0.393 e. The van der Waals surface area contributed by atoms with Crippen molar-refractivity contribution in [1.82, 2.24) is 15.1 Å². The fraction of sp³-hybridized carbons (Fsp3) is 0.400. The van der Waals surface area contributed by atoms with Crippen LogP contribution in [0, 0.1) is 0 Å². The van der Waals surface area contributed by atoms with Crippen LogP contribution in [-0.4, -0.2) is 51.8 Å². The summed E-state index contributed by atoms with van der Waals surface area (Å²) < 4.78 is 0. The van der Waals surface area contributed by atoms with Crippen molar-refractivity contribution < 1.29 is 19.5 Å². The molecule has 168 valence electrons. The molecule has 3 amide bonds. The van der Waals surface area contributed by atoms with Crippen molar-refractivity contribution in [1.29, 1.82) is 0 Å². The maximum atomic E-state index is 12.5. The van der Waals surface area contributed by atoms with Gasteiger partial charge in [0, 0.05) is 44.6 Å². The highest BCUT2D eigenvalue weighted by Crippen LogP contribution is 2.17. The summed E-state index contributed by atoms with van der Waals surface area (Å²) in [7, 11) is 0. The first kappa shape index (κ1) is 22.2. The Kier molecular flexibility index (Phi) is 6.97. The molecule has 0 aromatic heterocycles. The Labute approximate surface area is 188 Å². The van der Waals surface area contributed by atoms with E-state index in [1.807, 2.05) is 12.1 Å². The Morgan fingerprint density at radius 1 is 0.844 bits per heavy atom. The third kappa shape index (κ3) is 5.60. The van der Waals surface area contributed by atoms with Crippen LogP contribution in [0.4, 0.5) is 0 Å². The molecule has 7 nitrogen and oxygen atoms in total. The normalized spacial score (nSPS) is 17.7. The zero-order valence-corrected chi connectivity index (χ0v) is 18.1. The van der Waals surface area contributed by atoms with Crippen LogP contribution in [0.25, 0.3) is 0 Å². The first-order valence-corrected chi connectivity index (χ1v) is 11.2. The predicted octanol–water partition coefficient (Wildman–Crippen LogP) is 2.22. The quantitative estimate of drug-likeness (QED) is 0.651. The van der Waals surface area contributed by atoms with Crippen molar-refractivity contribution >= 4 is 17.7 Å². The second kappa shape index (κ2) is 10.1. The van der Waals surface area contributed by atoms with Gasteiger partial charge in [0.25, 0.3) is 5.91 Å². The van der Waals surface area contributed by atoms with E-state index in [1.165, 1.54) is 10.5 Å². The number of nitrogens with zero attached hydrogens (tertiary/aromatic N) is 2. The molecule has 2 aliphatic rings. The van der Waals surface area contributed by atoms with E-state index in [0.717, 1.165) is 43.6 Å². The maximum absolute atomic E-state index is 12.5. The summed E-state index contributed by atoms with van der Waals surface area (Å²) in [4.78, 5) is 39.6. The van der Waals surface area contributed by atoms with Crippen LogP contribution in [0.15, 0.2) is 48.5 Å². The maximum Gasteiger partial charge on any atom is 0.251 e. The smallest absolute Gasteiger partial charge is 0.251 e. The number of aliphatic hydroxyl groups excluding tert-OH is 1. The summed E-state index contributed by atoms with van der Waals surface area (Å²) in [5.41, 5.74) is 3.61. The third-order valence-electron chi connectivity index (χ3n) is 6.15. The first-order valence-electron chi connectivity index (χ1n) is 11.2. The lowest BCUT2D eigenvalue weighted by Gasteiger charge is -2.29. The number of piperidine rings is 1. The Morgan fingerprint density at radius 3 is 2.00 bits per heavy atom. The summed E-state index contributed by atoms with van der Waals surface area (Å²) in [6.07, 6.45) is 2.07. The summed E-state index contributed by atoms with van der Waals surface area (Å²) in [6, 6.07) is 15.2. The van der Waals surface area contributed by atoms with Crippen LogP contribution < -0.4 is 5.32 Å². The van der Waals surface area contributed by atoms with Crippen molar-refractivity contribution in [2.45, 2.75) is 51.4 Å². The molecule has 2 N–H and O–H groups in total. The summed E-state index contributed by atoms with van der Waals surface area (Å²) >= 11 is 0. The van der Waals surface area contributed by atoms with Gasteiger partial charge in [-0.1, -0.05) is 36.4 Å². The van der Waals surface area contributed by atoms with Gasteiger partial charge in [0.1, 0.15) is 0 Å². The molecule has 0 bridgehead atoms. The topological polar surface area (TPSA) is 90.0 Å². The van der Waals surface area contributed by atoms with Crippen molar-refractivity contribution in [2.24, 2.45) is 0 Å². The molecule has 0 unspecified atom stereocenters. The number of hydrogen-bond donors (Lipinski definition) is 2. The Hall–Kier alpha value is -3.03. The van der Waals surface area contributed by atoms with E-state index in [4.69, 9.17) is 0 Å². The molecule has 2 aromatic rings. The van der Waals surface area contributed by atoms with E-state index in [1.54, 1.807) is 24.3 Å². The SMILES string of the molecule is O=C(NCc1ccc(CN2CCC(O)CC2)cc1)c1ccc(CN2C(=O)CCC2=O)cc1. The molecule has 2 aromatic carbocycles. The molecule has 0 aliphatic carbocycles. The molecule has 7 heteroatoms. The van der Waals surface area contributed by atoms with Crippen LogP contribution in [0.3, 0.4) is 0 Å². The molecule has 2 heterocycles. The van der Waals surface area contributed by atoms with Gasteiger partial charge in [-0.15, -0.1) is 0 Å². The fourth-order valence-corrected chi connectivity index (χ4v) is 4.13. The molecule has 2 aliphatic heterocycles. The second-order valence-corrected chi connectivity index (χ2v) is 8.58. The average molecular weight is 436 g/mol. The molecule has 0 radical (unpaired) electrons. The fourth-order valence-electron chi connectivity index (χ4n) is 4.13. The first-order chi connectivity index (χ1) is 15.5. The van der Waals surface area contributed by atoms with E-state index in [0.29, 0.717) is 12.1 Å². The van der Waals surface area contributed by atoms with E-state index in [-0.39, 0.29) is 43.2 Å². The van der Waals surface area contributed by atoms with Gasteiger partial charge in [-0.2, -0.15) is 0 Å². The van der Waals surface area contributed by atoms with Gasteiger partial charge >= 0.3 is 0 Å². The number of nitrogens with one attached hydrogen (secondary N) is 1. The number of rotatable bonds is 7. The minimum absolute atomic E-state index is 0.141. The zero-order chi connectivity index (χ0) is 22.5. The van der Waals surface area contributed by atoms with Crippen LogP contribution in [0.2, 0.25) is 0 Å². The standard InChI is InChI=1S/C25H29N3O4/c29-22-11-13-27(14-12-22)16-19-3-1-18(2-4-19)15-26-25(32)21-7-5-20(6-8-21)17-28-23(30)9-10-24(28)31/h1-8,22,29H,9-17H2,(H,26,32). The number of carbonyl (C=O) groups excluding carboxylic acids is 3. The average Bonchev–Trinajstić information content (AvgIpc) is 3.12. The van der Waals surface area contributed by atoms with Crippen molar-refractivity contribution in [2.75, 3.05) is 13.1 Å². The van der Waals surface area contributed by atoms with Crippen molar-refractivity contribution in [3.8, 4) is 0 Å². The lowest BCUT2D eigenvalue weighted by atomic mass is 10.1. The monoisotopic (exact) mass is 435 g/mol. The van der Waals surface area contributed by atoms with E-state index >= 15 is 0 Å². The molecule has 2 fully saturated rings. The van der Waals surface area contributed by atoms with Crippen LogP contribution in [0.1, 0.15) is 52.7 Å². The number of imide groups is 1. The van der Waals surface area contributed by atoms with E-state index < -0.39 is 0 Å². The van der Waals surface area contributed by atoms with Gasteiger partial charge in [-0.05, 0) is 41.7 Å². The lowest BCUT2D eigenvalue weighted by molar-refractivity contribution is -0.139. The van der Waals surface area contributed by atoms with Crippen LogP contribution >= 0.6 is 0 Å². The number of benzene rings is 2. The van der Waals surface area contributed by atoms with Gasteiger partial charge in [0.2, 0.25) is 11.8 Å². The third-order valence-corrected chi connectivity index (χ3v) is 6.15. The minimum atomic E-state index is -0.166. The number of likely N-dealkylation sites (tertiary alicyclic amines) is 2. The number of hydrogen-bond acceptors (Lipinski definition) is 5. The highest BCUT2D eigenvalue weighted by Gasteiger charge is 2.28. The molecule has 32 heavy (non-hydrogen) atoms. The van der Waals surface area contributed by atoms with Crippen molar-refractivity contribution in [3.63, 3.8) is 0 Å². The summed E-state index contributed by atoms with van der Waals surface area (Å²) in [5, 5.41) is 12.6. The zero-order valence-electron chi connectivity index (χ0n) is 18.1. The highest BCUT2D eigenvalue weighted by molar-refractivity contribution is 6.01. The van der Waals surface area contributed by atoms with E-state index in [2.05, 4.69) is 22.3 Å². The lowest BCUT2D eigenvalue weighted by Crippen LogP contribution is -2.35. The Morgan fingerprint density at radius 2 is 1.38 bits per heavy atom. The summed E-state index contributed by atoms with van der Waals surface area (Å²) in [6.45, 7) is 3.41. The molecule has 2 saturated heterocycles. The molecule has 0 saturated carbocycles. The predicted molar refractivity (Wildman–Crippen MR) is 119 cm³/mol. The molecule has 4 rings (SSSR count). The van der Waals surface area contributed by atoms with Crippen molar-refractivity contribution in [3.05, 3.63) is 70.8 Å². The highest BCUT2D eigenvalue weighted by atomic mass is 16.3. The number of amides is 3. The minimum Gasteiger partial charge on any atom is -0.393 e. The molecular formula is C25H29N3O4. The molecule has 0 atom stereocenters. The summed E-state index contributed by atoms with van der Waals surface area (Å²) in [5.74, 6) is -0.448. The van der Waals surface area contributed by atoms with Gasteiger partial charge in [-0.25, -0.2) is 0 Å². The van der Waals surface area contributed by atoms with Gasteiger partial charge < -0.3 is 10.4 Å². The second-order valence-electron chi connectivity index (χ2n) is 8.58.